The van der Waals surface area contributed by atoms with Gasteiger partial charge in [0.2, 0.25) is 5.91 Å². The normalized spacial score (nSPS) is 24.0. The van der Waals surface area contributed by atoms with Gasteiger partial charge in [-0.2, -0.15) is 0 Å². The molecule has 7 heteroatoms. The Bertz CT molecular complexity index is 1010. The Balaban J connectivity index is 1.21. The molecule has 2 unspecified atom stereocenters. The van der Waals surface area contributed by atoms with Gasteiger partial charge in [0.05, 0.1) is 17.6 Å². The molecule has 2 amide bonds. The molecule has 5 rings (SSSR count). The van der Waals surface area contributed by atoms with E-state index in [4.69, 9.17) is 4.98 Å². The van der Waals surface area contributed by atoms with Crippen molar-refractivity contribution in [1.82, 2.24) is 20.5 Å². The Morgan fingerprint density at radius 3 is 2.55 bits per heavy atom. The van der Waals surface area contributed by atoms with E-state index in [0.29, 0.717) is 30.1 Å². The van der Waals surface area contributed by atoms with Gasteiger partial charge in [-0.15, -0.1) is 0 Å². The highest BCUT2D eigenvalue weighted by Gasteiger charge is 2.27. The number of nitrogens with one attached hydrogen (secondary N) is 2. The third-order valence-corrected chi connectivity index (χ3v) is 7.22. The van der Waals surface area contributed by atoms with Crippen molar-refractivity contribution in [2.45, 2.75) is 57.5 Å². The molecule has 1 aliphatic heterocycles. The van der Waals surface area contributed by atoms with Crippen molar-refractivity contribution in [3.63, 3.8) is 0 Å². The number of hydrogen-bond donors (Lipinski definition) is 2. The Labute approximate surface area is 195 Å². The van der Waals surface area contributed by atoms with Gasteiger partial charge in [-0.25, -0.2) is 4.98 Å². The van der Waals surface area contributed by atoms with Crippen molar-refractivity contribution < 1.29 is 9.59 Å². The summed E-state index contributed by atoms with van der Waals surface area (Å²) in [5.41, 5.74) is 1.55. The predicted octanol–water partition coefficient (Wildman–Crippen LogP) is 2.94. The number of nitrogens with zero attached hydrogens (tertiary/aromatic N) is 3. The molecule has 2 atom stereocenters. The highest BCUT2D eigenvalue weighted by atomic mass is 16.2. The average Bonchev–Trinajstić information content (AvgIpc) is 3.63. The second-order valence-corrected chi connectivity index (χ2v) is 10.1. The second-order valence-electron chi connectivity index (χ2n) is 10.1. The van der Waals surface area contributed by atoms with E-state index in [1.54, 1.807) is 0 Å². The van der Waals surface area contributed by atoms with Crippen LogP contribution in [0.3, 0.4) is 0 Å². The number of para-hydroxylation sites is 1. The van der Waals surface area contributed by atoms with Crippen LogP contribution >= 0.6 is 0 Å². The van der Waals surface area contributed by atoms with Crippen molar-refractivity contribution in [2.75, 3.05) is 37.6 Å². The van der Waals surface area contributed by atoms with Crippen LogP contribution in [0.4, 0.5) is 5.82 Å². The van der Waals surface area contributed by atoms with Gasteiger partial charge in [0.25, 0.3) is 5.91 Å². The predicted molar refractivity (Wildman–Crippen MR) is 130 cm³/mol. The first-order valence-corrected chi connectivity index (χ1v) is 12.5. The maximum atomic E-state index is 12.9. The first-order chi connectivity index (χ1) is 16.0. The molecular weight excluding hydrogens is 414 g/mol. The van der Waals surface area contributed by atoms with Crippen LogP contribution in [-0.4, -0.2) is 66.5 Å². The maximum Gasteiger partial charge on any atom is 0.252 e. The summed E-state index contributed by atoms with van der Waals surface area (Å²) >= 11 is 0. The van der Waals surface area contributed by atoms with Crippen molar-refractivity contribution >= 4 is 28.5 Å². The monoisotopic (exact) mass is 449 g/mol. The van der Waals surface area contributed by atoms with E-state index in [0.717, 1.165) is 68.6 Å². The second kappa shape index (κ2) is 9.67. The fraction of sp³-hybridized carbons (Fsp3) is 0.577. The lowest BCUT2D eigenvalue weighted by atomic mass is 9.87. The topological polar surface area (TPSA) is 77.6 Å². The number of carbonyl (C=O) groups excluding carboxylic acids is 2. The molecular formula is C26H35N5O2. The number of carbonyl (C=O) groups is 2. The van der Waals surface area contributed by atoms with E-state index in [2.05, 4.69) is 27.4 Å². The van der Waals surface area contributed by atoms with Crippen molar-refractivity contribution in [3.8, 4) is 0 Å². The largest absolute Gasteiger partial charge is 0.354 e. The summed E-state index contributed by atoms with van der Waals surface area (Å²) in [5.74, 6) is 1.68. The van der Waals surface area contributed by atoms with E-state index < -0.39 is 0 Å². The van der Waals surface area contributed by atoms with Crippen LogP contribution in [0.15, 0.2) is 30.3 Å². The zero-order chi connectivity index (χ0) is 22.8. The first-order valence-electron chi connectivity index (χ1n) is 12.5. The van der Waals surface area contributed by atoms with Crippen LogP contribution in [0.25, 0.3) is 10.9 Å². The number of fused-ring (bicyclic) bond motifs is 1. The number of rotatable bonds is 6. The van der Waals surface area contributed by atoms with Crippen LogP contribution < -0.4 is 15.5 Å². The van der Waals surface area contributed by atoms with Gasteiger partial charge in [0.1, 0.15) is 5.82 Å². The lowest BCUT2D eigenvalue weighted by molar-refractivity contribution is -0.123. The van der Waals surface area contributed by atoms with E-state index >= 15 is 0 Å². The van der Waals surface area contributed by atoms with E-state index in [-0.39, 0.29) is 11.8 Å². The maximum absolute atomic E-state index is 12.9. The van der Waals surface area contributed by atoms with Gasteiger partial charge in [-0.3, -0.25) is 14.5 Å². The zero-order valence-electron chi connectivity index (χ0n) is 19.6. The molecule has 0 bridgehead atoms. The number of benzene rings is 1. The van der Waals surface area contributed by atoms with E-state index in [9.17, 15) is 9.59 Å². The molecule has 33 heavy (non-hydrogen) atoms. The number of pyridine rings is 1. The highest BCUT2D eigenvalue weighted by molar-refractivity contribution is 6.07. The van der Waals surface area contributed by atoms with Crippen LogP contribution in [0.1, 0.15) is 55.8 Å². The minimum Gasteiger partial charge on any atom is -0.354 e. The molecule has 0 spiro atoms. The number of anilines is 1. The van der Waals surface area contributed by atoms with E-state index in [1.807, 2.05) is 30.3 Å². The van der Waals surface area contributed by atoms with Crippen LogP contribution in [-0.2, 0) is 4.79 Å². The minimum absolute atomic E-state index is 0.00955. The molecule has 2 N–H and O–H groups in total. The molecule has 1 aromatic heterocycles. The van der Waals surface area contributed by atoms with Gasteiger partial charge in [-0.1, -0.05) is 38.0 Å². The molecule has 0 radical (unpaired) electrons. The standard InChI is InChI=1S/C26H35N5O2/c1-18-5-4-6-20(15-18)27-25(32)17-30-11-13-31(14-12-30)24-16-22(26(33)28-19-9-10-19)21-7-2-3-8-23(21)29-24/h2-3,7-8,16,18-20H,4-6,9-15,17H2,1H3,(H,27,32)(H,28,33). The zero-order valence-corrected chi connectivity index (χ0v) is 19.6. The van der Waals surface area contributed by atoms with Crippen molar-refractivity contribution in [3.05, 3.63) is 35.9 Å². The molecule has 1 aromatic carbocycles. The van der Waals surface area contributed by atoms with Gasteiger partial charge in [-0.05, 0) is 43.7 Å². The van der Waals surface area contributed by atoms with Crippen LogP contribution in [0, 0.1) is 5.92 Å². The SMILES string of the molecule is CC1CCCC(NC(=O)CN2CCN(c3cc(C(=O)NC4CC4)c4ccccc4n3)CC2)C1. The highest BCUT2D eigenvalue weighted by Crippen LogP contribution is 2.26. The molecule has 1 saturated heterocycles. The third-order valence-electron chi connectivity index (χ3n) is 7.22. The molecule has 3 fully saturated rings. The van der Waals surface area contributed by atoms with Gasteiger partial charge in [0.15, 0.2) is 0 Å². The summed E-state index contributed by atoms with van der Waals surface area (Å²) in [6.07, 6.45) is 6.83. The fourth-order valence-electron chi connectivity index (χ4n) is 5.18. The van der Waals surface area contributed by atoms with Crippen LogP contribution in [0.5, 0.6) is 0 Å². The molecule has 2 aromatic rings. The molecule has 2 heterocycles. The summed E-state index contributed by atoms with van der Waals surface area (Å²) in [6, 6.07) is 10.5. The quantitative estimate of drug-likeness (QED) is 0.709. The smallest absolute Gasteiger partial charge is 0.252 e. The summed E-state index contributed by atoms with van der Waals surface area (Å²) in [7, 11) is 0. The van der Waals surface area contributed by atoms with Gasteiger partial charge in [0, 0.05) is 43.6 Å². The summed E-state index contributed by atoms with van der Waals surface area (Å²) in [5, 5.41) is 7.26. The third kappa shape index (κ3) is 5.46. The summed E-state index contributed by atoms with van der Waals surface area (Å²) in [6.45, 7) is 5.95. The van der Waals surface area contributed by atoms with Gasteiger partial charge >= 0.3 is 0 Å². The summed E-state index contributed by atoms with van der Waals surface area (Å²) < 4.78 is 0. The Morgan fingerprint density at radius 2 is 1.79 bits per heavy atom. The Morgan fingerprint density at radius 1 is 1.00 bits per heavy atom. The van der Waals surface area contributed by atoms with E-state index in [1.165, 1.54) is 12.8 Å². The molecule has 2 saturated carbocycles. The first kappa shape index (κ1) is 22.1. The van der Waals surface area contributed by atoms with Crippen molar-refractivity contribution in [1.29, 1.82) is 0 Å². The molecule has 3 aliphatic rings. The lowest BCUT2D eigenvalue weighted by Crippen LogP contribution is -2.51. The van der Waals surface area contributed by atoms with Gasteiger partial charge < -0.3 is 15.5 Å². The van der Waals surface area contributed by atoms with Crippen molar-refractivity contribution in [2.24, 2.45) is 5.92 Å². The number of aromatic nitrogens is 1. The number of hydrogen-bond acceptors (Lipinski definition) is 5. The minimum atomic E-state index is -0.00955. The molecule has 7 nitrogen and oxygen atoms in total. The Hall–Kier alpha value is -2.67. The fourth-order valence-corrected chi connectivity index (χ4v) is 5.18. The molecule has 2 aliphatic carbocycles. The summed E-state index contributed by atoms with van der Waals surface area (Å²) in [4.78, 5) is 34.8. The molecule has 176 valence electrons. The average molecular weight is 450 g/mol. The van der Waals surface area contributed by atoms with Crippen LogP contribution in [0.2, 0.25) is 0 Å². The number of amides is 2. The lowest BCUT2D eigenvalue weighted by Gasteiger charge is -2.36. The number of piperazine rings is 1. The Kier molecular flexibility index (Phi) is 6.49.